The summed E-state index contributed by atoms with van der Waals surface area (Å²) in [6.07, 6.45) is 8.71. The minimum atomic E-state index is 0.653. The van der Waals surface area contributed by atoms with Gasteiger partial charge in [-0.05, 0) is 37.3 Å². The molecule has 0 radical (unpaired) electrons. The first kappa shape index (κ1) is 11.3. The Balaban J connectivity index is 1.91. The van der Waals surface area contributed by atoms with Gasteiger partial charge in [0.2, 0.25) is 5.95 Å². The van der Waals surface area contributed by atoms with Crippen molar-refractivity contribution in [2.75, 3.05) is 25.0 Å². The third-order valence-electron chi connectivity index (χ3n) is 3.22. The van der Waals surface area contributed by atoms with Gasteiger partial charge in [-0.3, -0.25) is 0 Å². The fourth-order valence-electron chi connectivity index (χ4n) is 1.99. The third-order valence-corrected chi connectivity index (χ3v) is 3.22. The molecular weight excluding hydrogens is 200 g/mol. The summed E-state index contributed by atoms with van der Waals surface area (Å²) in [5.41, 5.74) is 6.60. The topological polar surface area (TPSA) is 55.0 Å². The third kappa shape index (κ3) is 2.70. The van der Waals surface area contributed by atoms with E-state index < -0.39 is 0 Å². The lowest BCUT2D eigenvalue weighted by atomic mass is 9.85. The molecule has 0 aliphatic heterocycles. The zero-order valence-electron chi connectivity index (χ0n) is 9.89. The van der Waals surface area contributed by atoms with E-state index in [2.05, 4.69) is 21.9 Å². The molecule has 1 aliphatic carbocycles. The van der Waals surface area contributed by atoms with Gasteiger partial charge >= 0.3 is 0 Å². The van der Waals surface area contributed by atoms with E-state index in [-0.39, 0.29) is 0 Å². The minimum absolute atomic E-state index is 0.653. The predicted octanol–water partition coefficient (Wildman–Crippen LogP) is 1.21. The number of nitrogens with zero attached hydrogens (tertiary/aromatic N) is 3. The molecule has 16 heavy (non-hydrogen) atoms. The lowest BCUT2D eigenvalue weighted by molar-refractivity contribution is 0.320. The molecule has 0 amide bonds. The number of nitrogens with two attached hydrogens (primary N) is 1. The van der Waals surface area contributed by atoms with Crippen LogP contribution in [0.25, 0.3) is 0 Å². The average molecular weight is 220 g/mol. The van der Waals surface area contributed by atoms with Crippen LogP contribution >= 0.6 is 0 Å². The van der Waals surface area contributed by atoms with Gasteiger partial charge in [0.15, 0.2) is 0 Å². The number of hydrogen-bond donors (Lipinski definition) is 1. The molecule has 4 nitrogen and oxygen atoms in total. The number of hydrogen-bond acceptors (Lipinski definition) is 4. The van der Waals surface area contributed by atoms with Crippen molar-refractivity contribution in [3.63, 3.8) is 0 Å². The molecule has 0 bridgehead atoms. The molecule has 88 valence electrons. The highest BCUT2D eigenvalue weighted by Crippen LogP contribution is 2.27. The first-order valence-electron chi connectivity index (χ1n) is 6.01. The van der Waals surface area contributed by atoms with Crippen LogP contribution in [0.2, 0.25) is 0 Å². The fraction of sp³-hybridized carbons (Fsp3) is 0.667. The van der Waals surface area contributed by atoms with Gasteiger partial charge in [-0.15, -0.1) is 0 Å². The highest BCUT2D eigenvalue weighted by Gasteiger charge is 2.19. The Morgan fingerprint density at radius 3 is 2.56 bits per heavy atom. The summed E-state index contributed by atoms with van der Waals surface area (Å²) in [4.78, 5) is 10.9. The number of anilines is 1. The Hall–Kier alpha value is -1.16. The quantitative estimate of drug-likeness (QED) is 0.810. The van der Waals surface area contributed by atoms with E-state index in [1.165, 1.54) is 19.3 Å². The highest BCUT2D eigenvalue weighted by molar-refractivity contribution is 5.28. The average Bonchev–Trinajstić information content (AvgIpc) is 2.25. The lowest BCUT2D eigenvalue weighted by Crippen LogP contribution is -2.30. The molecule has 0 atom stereocenters. The van der Waals surface area contributed by atoms with Gasteiger partial charge in [0.25, 0.3) is 0 Å². The first-order valence-corrected chi connectivity index (χ1v) is 6.01. The van der Waals surface area contributed by atoms with Crippen molar-refractivity contribution in [3.05, 3.63) is 18.0 Å². The van der Waals surface area contributed by atoms with Gasteiger partial charge in [0, 0.05) is 26.0 Å². The Labute approximate surface area is 96.9 Å². The van der Waals surface area contributed by atoms with E-state index in [4.69, 9.17) is 5.73 Å². The second-order valence-corrected chi connectivity index (χ2v) is 4.61. The maximum absolute atomic E-state index is 5.48. The van der Waals surface area contributed by atoms with Crippen LogP contribution in [0.1, 0.15) is 24.8 Å². The maximum atomic E-state index is 5.48. The summed E-state index contributed by atoms with van der Waals surface area (Å²) in [5.74, 6) is 1.67. The Morgan fingerprint density at radius 1 is 1.38 bits per heavy atom. The maximum Gasteiger partial charge on any atom is 0.224 e. The van der Waals surface area contributed by atoms with E-state index >= 15 is 0 Å². The molecule has 0 spiro atoms. The van der Waals surface area contributed by atoms with E-state index in [0.29, 0.717) is 6.54 Å². The highest BCUT2D eigenvalue weighted by atomic mass is 15.2. The molecule has 1 fully saturated rings. The molecule has 1 aliphatic rings. The molecule has 2 rings (SSSR count). The van der Waals surface area contributed by atoms with E-state index in [1.54, 1.807) is 0 Å². The minimum Gasteiger partial charge on any atom is -0.344 e. The zero-order valence-corrected chi connectivity index (χ0v) is 9.89. The predicted molar refractivity (Wildman–Crippen MR) is 65.4 cm³/mol. The Bertz CT molecular complexity index is 318. The largest absolute Gasteiger partial charge is 0.344 e. The van der Waals surface area contributed by atoms with Crippen LogP contribution in [-0.2, 0) is 6.42 Å². The molecule has 2 N–H and O–H groups in total. The van der Waals surface area contributed by atoms with Crippen molar-refractivity contribution in [1.29, 1.82) is 0 Å². The van der Waals surface area contributed by atoms with Gasteiger partial charge in [-0.25, -0.2) is 9.97 Å². The summed E-state index contributed by atoms with van der Waals surface area (Å²) in [7, 11) is 2.07. The number of aromatic nitrogens is 2. The summed E-state index contributed by atoms with van der Waals surface area (Å²) in [6, 6.07) is 0. The van der Waals surface area contributed by atoms with E-state index in [1.807, 2.05) is 12.4 Å². The standard InChI is InChI=1S/C12H20N4/c1-16(9-10-3-2-4-10)12-14-7-11(5-6-13)8-15-12/h7-8,10H,2-6,9,13H2,1H3. The van der Waals surface area contributed by atoms with Crippen LogP contribution in [0, 0.1) is 5.92 Å². The van der Waals surface area contributed by atoms with Crippen molar-refractivity contribution in [2.45, 2.75) is 25.7 Å². The van der Waals surface area contributed by atoms with E-state index in [9.17, 15) is 0 Å². The van der Waals surface area contributed by atoms with Gasteiger partial charge in [0.05, 0.1) is 0 Å². The SMILES string of the molecule is CN(CC1CCC1)c1ncc(CCN)cn1. The molecule has 1 aromatic rings. The molecule has 1 heterocycles. The van der Waals surface area contributed by atoms with Crippen molar-refractivity contribution in [1.82, 2.24) is 9.97 Å². The van der Waals surface area contributed by atoms with Crippen LogP contribution in [0.15, 0.2) is 12.4 Å². The van der Waals surface area contributed by atoms with Gasteiger partial charge in [-0.1, -0.05) is 6.42 Å². The van der Waals surface area contributed by atoms with Crippen LogP contribution in [0.4, 0.5) is 5.95 Å². The summed E-state index contributed by atoms with van der Waals surface area (Å²) < 4.78 is 0. The van der Waals surface area contributed by atoms with Crippen molar-refractivity contribution < 1.29 is 0 Å². The van der Waals surface area contributed by atoms with Crippen LogP contribution in [-0.4, -0.2) is 30.1 Å². The van der Waals surface area contributed by atoms with Gasteiger partial charge in [-0.2, -0.15) is 0 Å². The van der Waals surface area contributed by atoms with Crippen LogP contribution < -0.4 is 10.6 Å². The second-order valence-electron chi connectivity index (χ2n) is 4.61. The zero-order chi connectivity index (χ0) is 11.4. The Kier molecular flexibility index (Phi) is 3.72. The Morgan fingerprint density at radius 2 is 2.06 bits per heavy atom. The molecule has 1 saturated carbocycles. The van der Waals surface area contributed by atoms with Crippen LogP contribution in [0.3, 0.4) is 0 Å². The number of rotatable bonds is 5. The molecular formula is C12H20N4. The molecule has 1 aromatic heterocycles. The molecule has 0 unspecified atom stereocenters. The summed E-state index contributed by atoms with van der Waals surface area (Å²) in [6.45, 7) is 1.73. The summed E-state index contributed by atoms with van der Waals surface area (Å²) in [5, 5.41) is 0. The molecule has 0 aromatic carbocycles. The normalized spacial score (nSPS) is 15.9. The second kappa shape index (κ2) is 5.25. The van der Waals surface area contributed by atoms with Gasteiger partial charge in [0.1, 0.15) is 0 Å². The van der Waals surface area contributed by atoms with Crippen molar-refractivity contribution in [3.8, 4) is 0 Å². The smallest absolute Gasteiger partial charge is 0.224 e. The van der Waals surface area contributed by atoms with E-state index in [0.717, 1.165) is 30.4 Å². The van der Waals surface area contributed by atoms with Crippen molar-refractivity contribution >= 4 is 5.95 Å². The van der Waals surface area contributed by atoms with Gasteiger partial charge < -0.3 is 10.6 Å². The van der Waals surface area contributed by atoms with Crippen LogP contribution in [0.5, 0.6) is 0 Å². The lowest BCUT2D eigenvalue weighted by Gasteiger charge is -2.30. The molecule has 4 heteroatoms. The monoisotopic (exact) mass is 220 g/mol. The first-order chi connectivity index (χ1) is 7.79. The van der Waals surface area contributed by atoms with Crippen molar-refractivity contribution in [2.24, 2.45) is 11.7 Å². The molecule has 0 saturated heterocycles. The fourth-order valence-corrected chi connectivity index (χ4v) is 1.99. The summed E-state index contributed by atoms with van der Waals surface area (Å²) >= 11 is 0.